The summed E-state index contributed by atoms with van der Waals surface area (Å²) in [7, 11) is 0. The maximum atomic E-state index is 11.7. The Morgan fingerprint density at radius 2 is 1.89 bits per heavy atom. The van der Waals surface area contributed by atoms with E-state index >= 15 is 0 Å². The lowest BCUT2D eigenvalue weighted by Crippen LogP contribution is -2.10. The van der Waals surface area contributed by atoms with E-state index in [4.69, 9.17) is 12.2 Å². The number of hydrogen-bond donors (Lipinski definition) is 2. The first-order chi connectivity index (χ1) is 9.18. The van der Waals surface area contributed by atoms with Crippen molar-refractivity contribution in [3.05, 3.63) is 63.2 Å². The van der Waals surface area contributed by atoms with Gasteiger partial charge in [0.25, 0.3) is 5.56 Å². The Balaban J connectivity index is 2.21. The van der Waals surface area contributed by atoms with Gasteiger partial charge in [-0.25, -0.2) is 0 Å². The normalized spacial score (nSPS) is 12.7. The molecular formula is C14H13N3OS. The molecule has 4 nitrogen and oxygen atoms in total. The SMILES string of the molecule is CC(c1ccccc1)n1ccc2[nH][nH]c(=O)c2c1=S. The van der Waals surface area contributed by atoms with Crippen LogP contribution in [0.5, 0.6) is 0 Å². The number of rotatable bonds is 2. The van der Waals surface area contributed by atoms with Crippen LogP contribution in [0, 0.1) is 4.64 Å². The van der Waals surface area contributed by atoms with Crippen molar-refractivity contribution < 1.29 is 0 Å². The van der Waals surface area contributed by atoms with Gasteiger partial charge in [-0.15, -0.1) is 0 Å². The van der Waals surface area contributed by atoms with Gasteiger partial charge in [0.15, 0.2) is 0 Å². The van der Waals surface area contributed by atoms with Crippen LogP contribution in [0.2, 0.25) is 0 Å². The minimum atomic E-state index is -0.172. The van der Waals surface area contributed by atoms with E-state index in [9.17, 15) is 4.79 Å². The second kappa shape index (κ2) is 4.51. The van der Waals surface area contributed by atoms with Crippen LogP contribution in [0.3, 0.4) is 0 Å². The number of nitrogens with one attached hydrogen (secondary N) is 2. The Hall–Kier alpha value is -2.14. The molecule has 0 saturated carbocycles. The van der Waals surface area contributed by atoms with Gasteiger partial charge in [-0.1, -0.05) is 42.5 Å². The van der Waals surface area contributed by atoms with Crippen molar-refractivity contribution in [2.24, 2.45) is 0 Å². The Labute approximate surface area is 114 Å². The number of aromatic amines is 2. The number of nitrogens with zero attached hydrogens (tertiary/aromatic N) is 1. The highest BCUT2D eigenvalue weighted by Crippen LogP contribution is 2.20. The summed E-state index contributed by atoms with van der Waals surface area (Å²) < 4.78 is 2.49. The van der Waals surface area contributed by atoms with Crippen molar-refractivity contribution >= 4 is 23.1 Å². The quantitative estimate of drug-likeness (QED) is 0.704. The largest absolute Gasteiger partial charge is 0.331 e. The van der Waals surface area contributed by atoms with Gasteiger partial charge in [0, 0.05) is 6.20 Å². The van der Waals surface area contributed by atoms with E-state index in [2.05, 4.69) is 29.3 Å². The lowest BCUT2D eigenvalue weighted by atomic mass is 10.1. The summed E-state index contributed by atoms with van der Waals surface area (Å²) in [4.78, 5) is 11.7. The van der Waals surface area contributed by atoms with Crippen LogP contribution in [0.1, 0.15) is 18.5 Å². The Morgan fingerprint density at radius 1 is 1.16 bits per heavy atom. The third-order valence-electron chi connectivity index (χ3n) is 3.36. The number of H-pyrrole nitrogens is 2. The third kappa shape index (κ3) is 1.92. The molecule has 0 aliphatic rings. The van der Waals surface area contributed by atoms with Gasteiger partial charge in [0.05, 0.1) is 11.6 Å². The van der Waals surface area contributed by atoms with Gasteiger partial charge >= 0.3 is 0 Å². The Morgan fingerprint density at radius 3 is 2.63 bits per heavy atom. The van der Waals surface area contributed by atoms with Gasteiger partial charge < -0.3 is 4.57 Å². The molecule has 2 N–H and O–H groups in total. The summed E-state index contributed by atoms with van der Waals surface area (Å²) in [6.45, 7) is 2.07. The molecule has 19 heavy (non-hydrogen) atoms. The summed E-state index contributed by atoms with van der Waals surface area (Å²) in [6.07, 6.45) is 1.91. The zero-order valence-corrected chi connectivity index (χ0v) is 11.2. The summed E-state index contributed by atoms with van der Waals surface area (Å²) in [5.41, 5.74) is 1.73. The molecule has 3 rings (SSSR count). The monoisotopic (exact) mass is 271 g/mol. The molecule has 2 heterocycles. The van der Waals surface area contributed by atoms with E-state index < -0.39 is 0 Å². The van der Waals surface area contributed by atoms with Crippen LogP contribution in [-0.4, -0.2) is 14.8 Å². The molecule has 0 spiro atoms. The van der Waals surface area contributed by atoms with Crippen molar-refractivity contribution in [3.63, 3.8) is 0 Å². The molecule has 0 saturated heterocycles. The second-order valence-electron chi connectivity index (χ2n) is 4.48. The Bertz CT molecular complexity index is 829. The zero-order chi connectivity index (χ0) is 13.4. The van der Waals surface area contributed by atoms with Crippen LogP contribution >= 0.6 is 12.2 Å². The fraction of sp³-hybridized carbons (Fsp3) is 0.143. The molecule has 0 fully saturated rings. The molecule has 0 aliphatic carbocycles. The number of fused-ring (bicyclic) bond motifs is 1. The molecule has 3 aromatic rings. The highest BCUT2D eigenvalue weighted by atomic mass is 32.1. The summed E-state index contributed by atoms with van der Waals surface area (Å²) in [5.74, 6) is 0. The maximum absolute atomic E-state index is 11.7. The molecule has 1 unspecified atom stereocenters. The number of hydrogen-bond acceptors (Lipinski definition) is 2. The fourth-order valence-corrected chi connectivity index (χ4v) is 2.68. The second-order valence-corrected chi connectivity index (χ2v) is 4.87. The topological polar surface area (TPSA) is 53.6 Å². The predicted molar refractivity (Wildman–Crippen MR) is 78.0 cm³/mol. The van der Waals surface area contributed by atoms with Crippen molar-refractivity contribution in [1.82, 2.24) is 14.8 Å². The first kappa shape index (κ1) is 11.9. The average molecular weight is 271 g/mol. The molecule has 0 bridgehead atoms. The number of benzene rings is 1. The van der Waals surface area contributed by atoms with Gasteiger partial charge in [-0.3, -0.25) is 15.0 Å². The van der Waals surface area contributed by atoms with Crippen LogP contribution in [-0.2, 0) is 0 Å². The van der Waals surface area contributed by atoms with E-state index in [1.165, 1.54) is 0 Å². The molecule has 1 atom stereocenters. The van der Waals surface area contributed by atoms with E-state index in [0.717, 1.165) is 11.1 Å². The number of aromatic nitrogens is 3. The first-order valence-corrected chi connectivity index (χ1v) is 6.46. The first-order valence-electron chi connectivity index (χ1n) is 6.05. The van der Waals surface area contributed by atoms with Gasteiger partial charge in [0.1, 0.15) is 10.0 Å². The van der Waals surface area contributed by atoms with Crippen LogP contribution < -0.4 is 5.56 Å². The van der Waals surface area contributed by atoms with Gasteiger partial charge in [-0.2, -0.15) is 0 Å². The lowest BCUT2D eigenvalue weighted by Gasteiger charge is -2.16. The molecule has 1 aromatic carbocycles. The smallest absolute Gasteiger partial charge is 0.274 e. The van der Waals surface area contributed by atoms with E-state index in [1.807, 2.05) is 35.0 Å². The van der Waals surface area contributed by atoms with Crippen molar-refractivity contribution in [2.45, 2.75) is 13.0 Å². The van der Waals surface area contributed by atoms with E-state index in [-0.39, 0.29) is 11.6 Å². The van der Waals surface area contributed by atoms with E-state index in [0.29, 0.717) is 10.0 Å². The summed E-state index contributed by atoms with van der Waals surface area (Å²) in [6, 6.07) is 12.0. The molecule has 96 valence electrons. The van der Waals surface area contributed by atoms with E-state index in [1.54, 1.807) is 0 Å². The molecule has 0 radical (unpaired) electrons. The highest BCUT2D eigenvalue weighted by Gasteiger charge is 2.11. The summed E-state index contributed by atoms with van der Waals surface area (Å²) in [5, 5.41) is 5.92. The number of pyridine rings is 1. The predicted octanol–water partition coefficient (Wildman–Crippen LogP) is 3.00. The Kier molecular flexibility index (Phi) is 2.83. The van der Waals surface area contributed by atoms with Crippen LogP contribution in [0.15, 0.2) is 47.4 Å². The summed E-state index contributed by atoms with van der Waals surface area (Å²) >= 11 is 5.43. The molecule has 5 heteroatoms. The standard InChI is InChI=1S/C14H13N3OS/c1-9(10-5-3-2-4-6-10)17-8-7-11-12(14(17)19)13(18)16-15-11/h2-9H,1H3,(H2,15,16,18). The van der Waals surface area contributed by atoms with Crippen molar-refractivity contribution in [1.29, 1.82) is 0 Å². The van der Waals surface area contributed by atoms with Crippen molar-refractivity contribution in [3.8, 4) is 0 Å². The molecule has 0 aliphatic heterocycles. The third-order valence-corrected chi connectivity index (χ3v) is 3.77. The fourth-order valence-electron chi connectivity index (χ4n) is 2.26. The molecular weight excluding hydrogens is 258 g/mol. The minimum absolute atomic E-state index is 0.0902. The molecule has 0 amide bonds. The van der Waals surface area contributed by atoms with Gasteiger partial charge in [-0.05, 0) is 18.6 Å². The van der Waals surface area contributed by atoms with Gasteiger partial charge in [0.2, 0.25) is 0 Å². The highest BCUT2D eigenvalue weighted by molar-refractivity contribution is 7.71. The molecule has 2 aromatic heterocycles. The maximum Gasteiger partial charge on any atom is 0.274 e. The lowest BCUT2D eigenvalue weighted by molar-refractivity contribution is 0.631. The van der Waals surface area contributed by atoms with Crippen molar-refractivity contribution in [2.75, 3.05) is 0 Å². The minimum Gasteiger partial charge on any atom is -0.331 e. The van der Waals surface area contributed by atoms with Crippen LogP contribution in [0.25, 0.3) is 10.9 Å². The zero-order valence-electron chi connectivity index (χ0n) is 10.4. The average Bonchev–Trinajstić information content (AvgIpc) is 2.82. The van der Waals surface area contributed by atoms with Crippen LogP contribution in [0.4, 0.5) is 0 Å².